The highest BCUT2D eigenvalue weighted by Crippen LogP contribution is 2.31. The van der Waals surface area contributed by atoms with Gasteiger partial charge in [0.1, 0.15) is 16.3 Å². The third-order valence-corrected chi connectivity index (χ3v) is 3.17. The van der Waals surface area contributed by atoms with Crippen LogP contribution >= 0.6 is 11.5 Å². The lowest BCUT2D eigenvalue weighted by Gasteiger charge is -2.02. The summed E-state index contributed by atoms with van der Waals surface area (Å²) in [5.41, 5.74) is 12.7. The van der Waals surface area contributed by atoms with E-state index in [0.717, 1.165) is 17.1 Å². The highest BCUT2D eigenvalue weighted by molar-refractivity contribution is 7.09. The molecule has 0 aliphatic rings. The first-order valence-electron chi connectivity index (χ1n) is 4.83. The van der Waals surface area contributed by atoms with Gasteiger partial charge in [-0.25, -0.2) is 0 Å². The minimum atomic E-state index is -0.561. The molecule has 17 heavy (non-hydrogen) atoms. The number of ether oxygens (including phenoxy) is 1. The number of nitrogens with two attached hydrogens (primary N) is 2. The monoisotopic (exact) mass is 249 g/mol. The molecule has 4 N–H and O–H groups in total. The number of benzene rings is 1. The van der Waals surface area contributed by atoms with Crippen LogP contribution < -0.4 is 16.2 Å². The maximum atomic E-state index is 11.1. The van der Waals surface area contributed by atoms with Crippen molar-refractivity contribution in [2.24, 2.45) is 5.73 Å². The lowest BCUT2D eigenvalue weighted by Crippen LogP contribution is -2.10. The molecule has 0 aliphatic heterocycles. The first-order chi connectivity index (χ1) is 8.13. The Morgan fingerprint density at radius 3 is 2.82 bits per heavy atom. The van der Waals surface area contributed by atoms with Gasteiger partial charge in [0.25, 0.3) is 5.91 Å². The Labute approximate surface area is 102 Å². The van der Waals surface area contributed by atoms with Crippen LogP contribution in [0.1, 0.15) is 9.67 Å². The normalized spacial score (nSPS) is 10.2. The van der Waals surface area contributed by atoms with Crippen LogP contribution in [0.15, 0.2) is 24.3 Å². The number of nitrogens with zero attached hydrogens (tertiary/aromatic N) is 1. The van der Waals surface area contributed by atoms with Gasteiger partial charge in [0.2, 0.25) is 0 Å². The Hall–Kier alpha value is -2.08. The molecule has 1 aromatic heterocycles. The zero-order valence-electron chi connectivity index (χ0n) is 9.14. The number of anilines is 1. The number of nitrogen functional groups attached to an aromatic ring is 1. The van der Waals surface area contributed by atoms with Crippen LogP contribution in [-0.4, -0.2) is 17.4 Å². The number of hydrogen-bond donors (Lipinski definition) is 2. The third kappa shape index (κ3) is 2.07. The van der Waals surface area contributed by atoms with E-state index in [1.807, 2.05) is 18.2 Å². The molecule has 0 saturated carbocycles. The highest BCUT2D eigenvalue weighted by Gasteiger charge is 2.16. The average molecular weight is 249 g/mol. The molecule has 2 rings (SSSR count). The van der Waals surface area contributed by atoms with Crippen molar-refractivity contribution in [1.82, 2.24) is 4.37 Å². The van der Waals surface area contributed by atoms with Gasteiger partial charge in [0, 0.05) is 5.56 Å². The minimum Gasteiger partial charge on any atom is -0.497 e. The maximum absolute atomic E-state index is 11.1. The van der Waals surface area contributed by atoms with E-state index in [4.69, 9.17) is 16.2 Å². The Morgan fingerprint density at radius 2 is 2.24 bits per heavy atom. The van der Waals surface area contributed by atoms with Gasteiger partial charge < -0.3 is 16.2 Å². The van der Waals surface area contributed by atoms with Gasteiger partial charge in [-0.05, 0) is 23.7 Å². The van der Waals surface area contributed by atoms with E-state index in [1.54, 1.807) is 13.2 Å². The molecule has 0 fully saturated rings. The van der Waals surface area contributed by atoms with E-state index in [2.05, 4.69) is 4.37 Å². The zero-order valence-corrected chi connectivity index (χ0v) is 9.95. The molecule has 2 aromatic rings. The Bertz CT molecular complexity index is 566. The number of methoxy groups -OCH3 is 1. The summed E-state index contributed by atoms with van der Waals surface area (Å²) >= 11 is 1.00. The molecular formula is C11H11N3O2S. The average Bonchev–Trinajstić information content (AvgIpc) is 2.71. The van der Waals surface area contributed by atoms with Gasteiger partial charge in [-0.2, -0.15) is 4.37 Å². The van der Waals surface area contributed by atoms with Crippen molar-refractivity contribution < 1.29 is 9.53 Å². The molecule has 6 heteroatoms. The van der Waals surface area contributed by atoms with E-state index in [1.165, 1.54) is 0 Å². The van der Waals surface area contributed by atoms with Gasteiger partial charge in [0.05, 0.1) is 12.8 Å². The Balaban J connectivity index is 2.49. The van der Waals surface area contributed by atoms with Crippen LogP contribution in [0.3, 0.4) is 0 Å². The first-order valence-corrected chi connectivity index (χ1v) is 5.60. The van der Waals surface area contributed by atoms with Crippen LogP contribution in [0.5, 0.6) is 5.75 Å². The van der Waals surface area contributed by atoms with Crippen molar-refractivity contribution in [2.45, 2.75) is 0 Å². The molecule has 0 bridgehead atoms. The van der Waals surface area contributed by atoms with E-state index in [0.29, 0.717) is 17.1 Å². The fourth-order valence-corrected chi connectivity index (χ4v) is 2.12. The van der Waals surface area contributed by atoms with Crippen LogP contribution in [0.25, 0.3) is 11.3 Å². The Kier molecular flexibility index (Phi) is 2.97. The number of amides is 1. The lowest BCUT2D eigenvalue weighted by atomic mass is 10.1. The SMILES string of the molecule is COc1cccc(-c2nsc(C(N)=O)c2N)c1. The second-order valence-corrected chi connectivity index (χ2v) is 4.14. The standard InChI is InChI=1S/C11H11N3O2S/c1-16-7-4-2-3-6(5-7)9-8(12)10(11(13)15)17-14-9/h2-5H,12H2,1H3,(H2,13,15). The molecule has 0 aliphatic carbocycles. The van der Waals surface area contributed by atoms with Crippen LogP contribution in [-0.2, 0) is 0 Å². The highest BCUT2D eigenvalue weighted by atomic mass is 32.1. The quantitative estimate of drug-likeness (QED) is 0.862. The number of primary amides is 1. The molecule has 0 saturated heterocycles. The van der Waals surface area contributed by atoms with E-state index < -0.39 is 5.91 Å². The number of rotatable bonds is 3. The summed E-state index contributed by atoms with van der Waals surface area (Å²) in [4.78, 5) is 11.4. The zero-order chi connectivity index (χ0) is 12.4. The molecule has 0 unspecified atom stereocenters. The largest absolute Gasteiger partial charge is 0.497 e. The van der Waals surface area contributed by atoms with Gasteiger partial charge in [-0.3, -0.25) is 4.79 Å². The summed E-state index contributed by atoms with van der Waals surface area (Å²) < 4.78 is 9.26. The predicted octanol–water partition coefficient (Wildman–Crippen LogP) is 1.50. The van der Waals surface area contributed by atoms with Gasteiger partial charge >= 0.3 is 0 Å². The van der Waals surface area contributed by atoms with Crippen LogP contribution in [0, 0.1) is 0 Å². The molecule has 1 heterocycles. The molecule has 0 spiro atoms. The molecule has 5 nitrogen and oxygen atoms in total. The number of hydrogen-bond acceptors (Lipinski definition) is 5. The number of carbonyl (C=O) groups is 1. The van der Waals surface area contributed by atoms with Crippen molar-refractivity contribution in [3.63, 3.8) is 0 Å². The molecular weight excluding hydrogens is 238 g/mol. The smallest absolute Gasteiger partial charge is 0.262 e. The fourth-order valence-electron chi connectivity index (χ4n) is 1.45. The number of aromatic nitrogens is 1. The maximum Gasteiger partial charge on any atom is 0.262 e. The van der Waals surface area contributed by atoms with Gasteiger partial charge in [0.15, 0.2) is 0 Å². The van der Waals surface area contributed by atoms with Crippen molar-refractivity contribution in [3.05, 3.63) is 29.1 Å². The summed E-state index contributed by atoms with van der Waals surface area (Å²) in [5.74, 6) is 0.143. The molecule has 88 valence electrons. The summed E-state index contributed by atoms with van der Waals surface area (Å²) in [6, 6.07) is 7.30. The van der Waals surface area contributed by atoms with E-state index in [9.17, 15) is 4.79 Å². The molecule has 1 aromatic carbocycles. The van der Waals surface area contributed by atoms with Crippen molar-refractivity contribution in [3.8, 4) is 17.0 Å². The summed E-state index contributed by atoms with van der Waals surface area (Å²) in [6.45, 7) is 0. The second-order valence-electron chi connectivity index (χ2n) is 3.37. The molecule has 0 radical (unpaired) electrons. The second kappa shape index (κ2) is 4.42. The molecule has 0 atom stereocenters. The summed E-state index contributed by atoms with van der Waals surface area (Å²) in [5, 5.41) is 0. The third-order valence-electron chi connectivity index (χ3n) is 2.29. The summed E-state index contributed by atoms with van der Waals surface area (Å²) in [6.07, 6.45) is 0. The van der Waals surface area contributed by atoms with Crippen molar-refractivity contribution in [2.75, 3.05) is 12.8 Å². The topological polar surface area (TPSA) is 91.2 Å². The first kappa shape index (κ1) is 11.4. The predicted molar refractivity (Wildman–Crippen MR) is 67.0 cm³/mol. The van der Waals surface area contributed by atoms with Crippen LogP contribution in [0.4, 0.5) is 5.69 Å². The van der Waals surface area contributed by atoms with Crippen LogP contribution in [0.2, 0.25) is 0 Å². The van der Waals surface area contributed by atoms with Crippen molar-refractivity contribution >= 4 is 23.1 Å². The fraction of sp³-hybridized carbons (Fsp3) is 0.0909. The van der Waals surface area contributed by atoms with E-state index in [-0.39, 0.29) is 4.88 Å². The van der Waals surface area contributed by atoms with Crippen molar-refractivity contribution in [1.29, 1.82) is 0 Å². The van der Waals surface area contributed by atoms with E-state index >= 15 is 0 Å². The lowest BCUT2D eigenvalue weighted by molar-refractivity contribution is 0.100. The minimum absolute atomic E-state index is 0.280. The number of carbonyl (C=O) groups excluding carboxylic acids is 1. The Morgan fingerprint density at radius 1 is 1.47 bits per heavy atom. The summed E-state index contributed by atoms with van der Waals surface area (Å²) in [7, 11) is 1.58. The van der Waals surface area contributed by atoms with Gasteiger partial charge in [-0.1, -0.05) is 12.1 Å². The molecule has 1 amide bonds. The van der Waals surface area contributed by atoms with Gasteiger partial charge in [-0.15, -0.1) is 0 Å².